The molecule has 3 heteroatoms. The van der Waals surface area contributed by atoms with Crippen LogP contribution in [0.15, 0.2) is 48.5 Å². The Bertz CT molecular complexity index is 898. The molecule has 20 heavy (non-hydrogen) atoms. The maximum atomic E-state index is 4.81. The Morgan fingerprint density at radius 3 is 2.60 bits per heavy atom. The predicted octanol–water partition coefficient (Wildman–Crippen LogP) is 4.76. The molecule has 0 saturated carbocycles. The highest BCUT2D eigenvalue weighted by Gasteiger charge is 2.16. The van der Waals surface area contributed by atoms with Crippen LogP contribution in [-0.4, -0.2) is 9.55 Å². The summed E-state index contributed by atoms with van der Waals surface area (Å²) in [5.74, 6) is 0. The number of nitrogens with zero attached hydrogens (tertiary/aromatic N) is 2. The number of para-hydroxylation sites is 2. The van der Waals surface area contributed by atoms with Crippen molar-refractivity contribution in [1.82, 2.24) is 9.55 Å². The van der Waals surface area contributed by atoms with Crippen molar-refractivity contribution in [2.45, 2.75) is 6.92 Å². The largest absolute Gasteiger partial charge is 0.347 e. The molecule has 0 N–H and O–H groups in total. The van der Waals surface area contributed by atoms with Gasteiger partial charge in [-0.3, -0.25) is 0 Å². The molecule has 2 aromatic carbocycles. The summed E-state index contributed by atoms with van der Waals surface area (Å²) < 4.78 is 3.49. The van der Waals surface area contributed by atoms with Crippen LogP contribution < -0.4 is 0 Å². The van der Waals surface area contributed by atoms with Crippen molar-refractivity contribution in [3.8, 4) is 10.6 Å². The van der Waals surface area contributed by atoms with Crippen molar-refractivity contribution in [2.24, 2.45) is 7.05 Å². The van der Waals surface area contributed by atoms with Gasteiger partial charge in [0.15, 0.2) is 0 Å². The van der Waals surface area contributed by atoms with Gasteiger partial charge in [-0.15, -0.1) is 11.3 Å². The first-order chi connectivity index (χ1) is 9.75. The maximum absolute atomic E-state index is 4.81. The second-order valence-corrected chi connectivity index (χ2v) is 6.05. The number of aromatic nitrogens is 2. The van der Waals surface area contributed by atoms with Crippen LogP contribution in [0.2, 0.25) is 0 Å². The quantitative estimate of drug-likeness (QED) is 0.490. The van der Waals surface area contributed by atoms with Gasteiger partial charge in [0.1, 0.15) is 5.01 Å². The lowest BCUT2D eigenvalue weighted by atomic mass is 10.1. The number of hydrogen-bond acceptors (Lipinski definition) is 2. The molecule has 0 aliphatic carbocycles. The van der Waals surface area contributed by atoms with Crippen molar-refractivity contribution in [3.05, 3.63) is 54.2 Å². The minimum Gasteiger partial charge on any atom is -0.347 e. The number of hydrogen-bond donors (Lipinski definition) is 0. The van der Waals surface area contributed by atoms with E-state index in [1.54, 1.807) is 11.3 Å². The molecule has 2 aromatic heterocycles. The number of fused-ring (bicyclic) bond motifs is 2. The molecule has 0 spiro atoms. The zero-order valence-electron chi connectivity index (χ0n) is 11.4. The zero-order chi connectivity index (χ0) is 13.7. The molecule has 0 saturated heterocycles. The van der Waals surface area contributed by atoms with E-state index in [4.69, 9.17) is 4.98 Å². The molecule has 0 amide bonds. The van der Waals surface area contributed by atoms with E-state index in [0.29, 0.717) is 0 Å². The number of benzene rings is 2. The van der Waals surface area contributed by atoms with Gasteiger partial charge in [-0.25, -0.2) is 4.98 Å². The molecule has 4 aromatic rings. The van der Waals surface area contributed by atoms with Crippen LogP contribution in [0.4, 0.5) is 0 Å². The highest BCUT2D eigenvalue weighted by atomic mass is 32.1. The standard InChI is InChI=1S/C17H14N2S/c1-11-16(12-7-3-5-9-14(12)19(11)2)17-18-13-8-4-6-10-15(13)20-17/h3-10H,1-2H3. The molecule has 4 rings (SSSR count). The average Bonchev–Trinajstić information content (AvgIpc) is 3.00. The van der Waals surface area contributed by atoms with E-state index >= 15 is 0 Å². The molecule has 2 nitrogen and oxygen atoms in total. The van der Waals surface area contributed by atoms with Crippen molar-refractivity contribution >= 4 is 32.5 Å². The van der Waals surface area contributed by atoms with Crippen LogP contribution in [0.3, 0.4) is 0 Å². The molecular formula is C17H14N2S. The maximum Gasteiger partial charge on any atom is 0.127 e. The average molecular weight is 278 g/mol. The van der Waals surface area contributed by atoms with Crippen LogP contribution in [0, 0.1) is 6.92 Å². The molecule has 0 bridgehead atoms. The van der Waals surface area contributed by atoms with E-state index in [1.807, 2.05) is 6.07 Å². The van der Waals surface area contributed by atoms with Crippen molar-refractivity contribution in [3.63, 3.8) is 0 Å². The summed E-state index contributed by atoms with van der Waals surface area (Å²) in [6, 6.07) is 16.9. The first-order valence-electron chi connectivity index (χ1n) is 6.65. The molecule has 0 radical (unpaired) electrons. The fraction of sp³-hybridized carbons (Fsp3) is 0.118. The minimum atomic E-state index is 1.08. The number of aryl methyl sites for hydroxylation is 1. The van der Waals surface area contributed by atoms with Gasteiger partial charge in [-0.2, -0.15) is 0 Å². The van der Waals surface area contributed by atoms with Crippen LogP contribution in [0.5, 0.6) is 0 Å². The summed E-state index contributed by atoms with van der Waals surface area (Å²) in [6.45, 7) is 2.17. The second kappa shape index (κ2) is 4.18. The van der Waals surface area contributed by atoms with Gasteiger partial charge in [-0.1, -0.05) is 30.3 Å². The molecule has 0 aliphatic heterocycles. The SMILES string of the molecule is Cc1c(-c2nc3ccccc3s2)c2ccccc2n1C. The van der Waals surface area contributed by atoms with E-state index < -0.39 is 0 Å². The highest BCUT2D eigenvalue weighted by Crippen LogP contribution is 2.37. The van der Waals surface area contributed by atoms with Gasteiger partial charge in [-0.05, 0) is 25.1 Å². The molecule has 0 unspecified atom stereocenters. The van der Waals surface area contributed by atoms with Gasteiger partial charge >= 0.3 is 0 Å². The molecule has 98 valence electrons. The summed E-state index contributed by atoms with van der Waals surface area (Å²) in [4.78, 5) is 4.81. The number of thiazole rings is 1. The Hall–Kier alpha value is -2.13. The first-order valence-corrected chi connectivity index (χ1v) is 7.47. The Labute approximate surface area is 121 Å². The first kappa shape index (κ1) is 11.7. The Balaban J connectivity index is 2.09. The van der Waals surface area contributed by atoms with E-state index in [-0.39, 0.29) is 0 Å². The van der Waals surface area contributed by atoms with Crippen LogP contribution in [0.1, 0.15) is 5.69 Å². The van der Waals surface area contributed by atoms with Crippen molar-refractivity contribution in [1.29, 1.82) is 0 Å². The fourth-order valence-corrected chi connectivity index (χ4v) is 3.85. The van der Waals surface area contributed by atoms with Crippen LogP contribution in [0.25, 0.3) is 31.7 Å². The lowest BCUT2D eigenvalue weighted by molar-refractivity contribution is 0.919. The molecular weight excluding hydrogens is 264 g/mol. The third-order valence-corrected chi connectivity index (χ3v) is 4.96. The predicted molar refractivity (Wildman–Crippen MR) is 86.3 cm³/mol. The highest BCUT2D eigenvalue weighted by molar-refractivity contribution is 7.21. The fourth-order valence-electron chi connectivity index (χ4n) is 2.77. The summed E-state index contributed by atoms with van der Waals surface area (Å²) in [5.41, 5.74) is 4.88. The monoisotopic (exact) mass is 278 g/mol. The minimum absolute atomic E-state index is 1.08. The Kier molecular flexibility index (Phi) is 2.44. The summed E-state index contributed by atoms with van der Waals surface area (Å²) in [6.07, 6.45) is 0. The van der Waals surface area contributed by atoms with E-state index in [1.165, 1.54) is 26.9 Å². The molecule has 0 aliphatic rings. The van der Waals surface area contributed by atoms with Gasteiger partial charge in [0.25, 0.3) is 0 Å². The van der Waals surface area contributed by atoms with Gasteiger partial charge < -0.3 is 4.57 Å². The topological polar surface area (TPSA) is 17.8 Å². The molecule has 2 heterocycles. The van der Waals surface area contributed by atoms with E-state index in [0.717, 1.165) is 10.5 Å². The summed E-state index contributed by atoms with van der Waals surface area (Å²) in [7, 11) is 2.12. The summed E-state index contributed by atoms with van der Waals surface area (Å²) in [5, 5.41) is 2.40. The van der Waals surface area contributed by atoms with E-state index in [9.17, 15) is 0 Å². The van der Waals surface area contributed by atoms with Crippen LogP contribution in [-0.2, 0) is 7.05 Å². The van der Waals surface area contributed by atoms with Crippen molar-refractivity contribution < 1.29 is 0 Å². The number of rotatable bonds is 1. The Morgan fingerprint density at radius 1 is 1.00 bits per heavy atom. The Morgan fingerprint density at radius 2 is 1.75 bits per heavy atom. The van der Waals surface area contributed by atoms with Gasteiger partial charge in [0.2, 0.25) is 0 Å². The van der Waals surface area contributed by atoms with Gasteiger partial charge in [0, 0.05) is 29.2 Å². The van der Waals surface area contributed by atoms with Crippen molar-refractivity contribution in [2.75, 3.05) is 0 Å². The third-order valence-electron chi connectivity index (χ3n) is 3.91. The molecule has 0 fully saturated rings. The smallest absolute Gasteiger partial charge is 0.127 e. The zero-order valence-corrected chi connectivity index (χ0v) is 12.2. The second-order valence-electron chi connectivity index (χ2n) is 5.02. The molecule has 0 atom stereocenters. The lowest BCUT2D eigenvalue weighted by Gasteiger charge is -1.98. The van der Waals surface area contributed by atoms with Crippen LogP contribution >= 0.6 is 11.3 Å². The lowest BCUT2D eigenvalue weighted by Crippen LogP contribution is -1.90. The normalized spacial score (nSPS) is 11.5. The van der Waals surface area contributed by atoms with Gasteiger partial charge in [0.05, 0.1) is 10.2 Å². The third kappa shape index (κ3) is 1.53. The van der Waals surface area contributed by atoms with E-state index in [2.05, 4.69) is 61.0 Å². The summed E-state index contributed by atoms with van der Waals surface area (Å²) >= 11 is 1.77.